The lowest BCUT2D eigenvalue weighted by molar-refractivity contribution is 0.0933. The van der Waals surface area contributed by atoms with Gasteiger partial charge in [-0.3, -0.25) is 4.79 Å². The van der Waals surface area contributed by atoms with Crippen LogP contribution in [-0.2, 0) is 0 Å². The first-order valence-corrected chi connectivity index (χ1v) is 8.27. The van der Waals surface area contributed by atoms with Gasteiger partial charge in [-0.25, -0.2) is 14.5 Å². The van der Waals surface area contributed by atoms with Crippen molar-refractivity contribution in [1.82, 2.24) is 24.9 Å². The maximum absolute atomic E-state index is 12.8. The highest BCUT2D eigenvalue weighted by Crippen LogP contribution is 2.41. The third-order valence-corrected chi connectivity index (χ3v) is 4.46. The molecule has 1 unspecified atom stereocenters. The second kappa shape index (κ2) is 6.16. The highest BCUT2D eigenvalue weighted by molar-refractivity contribution is 5.99. The molecule has 0 radical (unpaired) electrons. The molecule has 7 nitrogen and oxygen atoms in total. The molecular weight excluding hydrogens is 318 g/mol. The summed E-state index contributed by atoms with van der Waals surface area (Å²) in [7, 11) is 1.59. The van der Waals surface area contributed by atoms with E-state index >= 15 is 0 Å². The number of hydrogen-bond acceptors (Lipinski definition) is 5. The molecular formula is C18H19N5O2. The number of aromatic nitrogens is 4. The SMILES string of the molecule is COc1ccc(C(NC(=O)c2cnn3ccc(C)nc23)C2CC2)cn1. The zero-order valence-corrected chi connectivity index (χ0v) is 14.1. The molecule has 1 N–H and O–H groups in total. The number of amides is 1. The van der Waals surface area contributed by atoms with Crippen LogP contribution in [-0.4, -0.2) is 32.6 Å². The van der Waals surface area contributed by atoms with Crippen LogP contribution in [0.2, 0.25) is 0 Å². The smallest absolute Gasteiger partial charge is 0.257 e. The fraction of sp³-hybridized carbons (Fsp3) is 0.333. The third-order valence-electron chi connectivity index (χ3n) is 4.46. The van der Waals surface area contributed by atoms with Gasteiger partial charge >= 0.3 is 0 Å². The Kier molecular flexibility index (Phi) is 3.83. The zero-order chi connectivity index (χ0) is 17.4. The van der Waals surface area contributed by atoms with Gasteiger partial charge in [-0.15, -0.1) is 0 Å². The predicted molar refractivity (Wildman–Crippen MR) is 91.4 cm³/mol. The van der Waals surface area contributed by atoms with Crippen molar-refractivity contribution in [3.05, 3.63) is 53.6 Å². The van der Waals surface area contributed by atoms with E-state index in [1.54, 1.807) is 30.2 Å². The molecule has 0 aliphatic heterocycles. The summed E-state index contributed by atoms with van der Waals surface area (Å²) in [6.07, 6.45) is 7.33. The van der Waals surface area contributed by atoms with Gasteiger partial charge in [0.05, 0.1) is 19.3 Å². The highest BCUT2D eigenvalue weighted by atomic mass is 16.5. The lowest BCUT2D eigenvalue weighted by Gasteiger charge is -2.18. The van der Waals surface area contributed by atoms with Crippen LogP contribution in [0, 0.1) is 12.8 Å². The summed E-state index contributed by atoms with van der Waals surface area (Å²) in [6, 6.07) is 5.56. The largest absolute Gasteiger partial charge is 0.481 e. The molecule has 7 heteroatoms. The summed E-state index contributed by atoms with van der Waals surface area (Å²) >= 11 is 0. The van der Waals surface area contributed by atoms with Crippen molar-refractivity contribution in [2.45, 2.75) is 25.8 Å². The molecule has 1 aliphatic carbocycles. The van der Waals surface area contributed by atoms with Crippen LogP contribution in [0.3, 0.4) is 0 Å². The van der Waals surface area contributed by atoms with Gasteiger partial charge in [0, 0.05) is 24.2 Å². The summed E-state index contributed by atoms with van der Waals surface area (Å²) in [5.41, 5.74) is 2.88. The van der Waals surface area contributed by atoms with E-state index in [9.17, 15) is 4.79 Å². The molecule has 1 atom stereocenters. The topological polar surface area (TPSA) is 81.4 Å². The number of aryl methyl sites for hydroxylation is 1. The average molecular weight is 337 g/mol. The number of fused-ring (bicyclic) bond motifs is 1. The molecule has 3 aromatic heterocycles. The van der Waals surface area contributed by atoms with E-state index in [0.29, 0.717) is 23.0 Å². The maximum Gasteiger partial charge on any atom is 0.257 e. The minimum absolute atomic E-state index is 0.0642. The molecule has 128 valence electrons. The predicted octanol–water partition coefficient (Wildman–Crippen LogP) is 2.32. The molecule has 1 amide bonds. The first kappa shape index (κ1) is 15.6. The van der Waals surface area contributed by atoms with Crippen LogP contribution in [0.5, 0.6) is 5.88 Å². The van der Waals surface area contributed by atoms with Gasteiger partial charge < -0.3 is 10.1 Å². The standard InChI is InChI=1S/C18H19N5O2/c1-11-7-8-23-17(21-11)14(10-20-23)18(24)22-16(12-3-4-12)13-5-6-15(25-2)19-9-13/h5-10,12,16H,3-4H2,1-2H3,(H,22,24). The fourth-order valence-electron chi connectivity index (χ4n) is 2.94. The van der Waals surface area contributed by atoms with E-state index in [4.69, 9.17) is 4.74 Å². The van der Waals surface area contributed by atoms with Gasteiger partial charge in [0.25, 0.3) is 5.91 Å². The van der Waals surface area contributed by atoms with Crippen LogP contribution in [0.4, 0.5) is 0 Å². The van der Waals surface area contributed by atoms with Gasteiger partial charge in [-0.1, -0.05) is 6.07 Å². The minimum atomic E-state index is -0.166. The van der Waals surface area contributed by atoms with E-state index < -0.39 is 0 Å². The van der Waals surface area contributed by atoms with Gasteiger partial charge in [-0.05, 0) is 37.3 Å². The van der Waals surface area contributed by atoms with Crippen LogP contribution in [0.15, 0.2) is 36.8 Å². The monoisotopic (exact) mass is 337 g/mol. The summed E-state index contributed by atoms with van der Waals surface area (Å²) in [5, 5.41) is 7.34. The molecule has 0 aromatic carbocycles. The Morgan fingerprint density at radius 2 is 2.16 bits per heavy atom. The Labute approximate surface area is 145 Å². The molecule has 0 saturated heterocycles. The number of pyridine rings is 1. The number of ether oxygens (including phenoxy) is 1. The van der Waals surface area contributed by atoms with E-state index in [1.807, 2.05) is 25.1 Å². The molecule has 1 fully saturated rings. The number of nitrogens with one attached hydrogen (secondary N) is 1. The number of hydrogen-bond donors (Lipinski definition) is 1. The van der Waals surface area contributed by atoms with Crippen LogP contribution < -0.4 is 10.1 Å². The highest BCUT2D eigenvalue weighted by Gasteiger charge is 2.34. The number of carbonyl (C=O) groups excluding carboxylic acids is 1. The molecule has 4 rings (SSSR count). The maximum atomic E-state index is 12.8. The van der Waals surface area contributed by atoms with Crippen molar-refractivity contribution in [2.24, 2.45) is 5.92 Å². The van der Waals surface area contributed by atoms with Crippen molar-refractivity contribution < 1.29 is 9.53 Å². The minimum Gasteiger partial charge on any atom is -0.481 e. The van der Waals surface area contributed by atoms with E-state index in [-0.39, 0.29) is 11.9 Å². The fourth-order valence-corrected chi connectivity index (χ4v) is 2.94. The summed E-state index contributed by atoms with van der Waals surface area (Å²) in [5.74, 6) is 0.837. The Morgan fingerprint density at radius 3 is 2.84 bits per heavy atom. The zero-order valence-electron chi connectivity index (χ0n) is 14.1. The Hall–Kier alpha value is -2.96. The van der Waals surface area contributed by atoms with Crippen molar-refractivity contribution in [1.29, 1.82) is 0 Å². The quantitative estimate of drug-likeness (QED) is 0.773. The summed E-state index contributed by atoms with van der Waals surface area (Å²) in [4.78, 5) is 21.5. The number of rotatable bonds is 5. The molecule has 3 heterocycles. The van der Waals surface area contributed by atoms with Crippen molar-refractivity contribution >= 4 is 11.6 Å². The van der Waals surface area contributed by atoms with Gasteiger partial charge in [0.1, 0.15) is 5.56 Å². The summed E-state index contributed by atoms with van der Waals surface area (Å²) in [6.45, 7) is 1.89. The van der Waals surface area contributed by atoms with E-state index in [0.717, 1.165) is 24.1 Å². The van der Waals surface area contributed by atoms with Crippen LogP contribution in [0.25, 0.3) is 5.65 Å². The first-order valence-electron chi connectivity index (χ1n) is 8.27. The van der Waals surface area contributed by atoms with E-state index in [2.05, 4.69) is 20.4 Å². The van der Waals surface area contributed by atoms with Gasteiger partial charge in [-0.2, -0.15) is 5.10 Å². The van der Waals surface area contributed by atoms with Crippen molar-refractivity contribution in [3.63, 3.8) is 0 Å². The Bertz CT molecular complexity index is 915. The normalized spacial score (nSPS) is 15.1. The summed E-state index contributed by atoms with van der Waals surface area (Å²) < 4.78 is 6.72. The lowest BCUT2D eigenvalue weighted by Crippen LogP contribution is -2.30. The van der Waals surface area contributed by atoms with Gasteiger partial charge in [0.15, 0.2) is 5.65 Å². The lowest BCUT2D eigenvalue weighted by atomic mass is 10.0. The Morgan fingerprint density at radius 1 is 1.32 bits per heavy atom. The second-order valence-corrected chi connectivity index (χ2v) is 6.32. The van der Waals surface area contributed by atoms with Crippen LogP contribution in [0.1, 0.15) is 40.5 Å². The molecule has 3 aromatic rings. The third kappa shape index (κ3) is 3.05. The van der Waals surface area contributed by atoms with E-state index in [1.165, 1.54) is 0 Å². The van der Waals surface area contributed by atoms with Crippen molar-refractivity contribution in [3.8, 4) is 5.88 Å². The van der Waals surface area contributed by atoms with Crippen LogP contribution >= 0.6 is 0 Å². The first-order chi connectivity index (χ1) is 12.2. The molecule has 25 heavy (non-hydrogen) atoms. The molecule has 0 bridgehead atoms. The van der Waals surface area contributed by atoms with Crippen molar-refractivity contribution in [2.75, 3.05) is 7.11 Å². The molecule has 1 aliphatic rings. The second-order valence-electron chi connectivity index (χ2n) is 6.32. The average Bonchev–Trinajstić information content (AvgIpc) is 3.39. The number of carbonyl (C=O) groups is 1. The Balaban J connectivity index is 1.61. The molecule has 1 saturated carbocycles. The van der Waals surface area contributed by atoms with Gasteiger partial charge in [0.2, 0.25) is 5.88 Å². The number of methoxy groups -OCH3 is 1. The number of nitrogens with zero attached hydrogens (tertiary/aromatic N) is 4. The molecule has 0 spiro atoms.